The van der Waals surface area contributed by atoms with Crippen molar-refractivity contribution in [2.24, 2.45) is 0 Å². The number of aromatic amines is 1. The van der Waals surface area contributed by atoms with Gasteiger partial charge in [0.15, 0.2) is 0 Å². The Morgan fingerprint density at radius 1 is 1.42 bits per heavy atom. The van der Waals surface area contributed by atoms with Gasteiger partial charge < -0.3 is 4.74 Å². The van der Waals surface area contributed by atoms with Crippen LogP contribution in [-0.4, -0.2) is 16.7 Å². The molecule has 6 nitrogen and oxygen atoms in total. The lowest BCUT2D eigenvalue weighted by Crippen LogP contribution is -2.30. The first-order valence-corrected chi connectivity index (χ1v) is 5.96. The fraction of sp³-hybridized carbons (Fsp3) is 0.0833. The highest BCUT2D eigenvalue weighted by Gasteiger charge is 2.09. The molecule has 0 aliphatic carbocycles. The lowest BCUT2D eigenvalue weighted by molar-refractivity contribution is 0.414. The maximum Gasteiger partial charge on any atom is 0.333 e. The topological polar surface area (TPSA) is 87.9 Å². The monoisotopic (exact) mass is 321 g/mol. The number of ether oxygens (including phenoxy) is 1. The van der Waals surface area contributed by atoms with E-state index in [0.717, 1.165) is 0 Å². The minimum absolute atomic E-state index is 0.144. The van der Waals surface area contributed by atoms with Crippen molar-refractivity contribution >= 4 is 15.9 Å². The Bertz CT molecular complexity index is 786. The molecule has 2 aromatic rings. The van der Waals surface area contributed by atoms with Crippen LogP contribution < -0.4 is 16.0 Å². The molecule has 1 N–H and O–H groups in total. The van der Waals surface area contributed by atoms with Crippen LogP contribution >= 0.6 is 15.9 Å². The fourth-order valence-electron chi connectivity index (χ4n) is 1.53. The van der Waals surface area contributed by atoms with Crippen molar-refractivity contribution in [1.82, 2.24) is 9.55 Å². The number of halogens is 1. The Hall–Kier alpha value is -2.33. The molecule has 0 spiro atoms. The summed E-state index contributed by atoms with van der Waals surface area (Å²) < 4.78 is 6.88. The summed E-state index contributed by atoms with van der Waals surface area (Å²) in [5.74, 6) is 0.551. The number of methoxy groups -OCH3 is 1. The highest BCUT2D eigenvalue weighted by atomic mass is 79.9. The van der Waals surface area contributed by atoms with Crippen LogP contribution in [0.1, 0.15) is 5.56 Å². The van der Waals surface area contributed by atoms with Crippen molar-refractivity contribution < 1.29 is 4.74 Å². The van der Waals surface area contributed by atoms with Crippen molar-refractivity contribution in [2.75, 3.05) is 7.11 Å². The molecule has 0 aliphatic rings. The van der Waals surface area contributed by atoms with Crippen molar-refractivity contribution in [2.45, 2.75) is 0 Å². The molecule has 0 aliphatic heterocycles. The second-order valence-corrected chi connectivity index (χ2v) is 4.46. The van der Waals surface area contributed by atoms with Gasteiger partial charge in [0.25, 0.3) is 5.56 Å². The third kappa shape index (κ3) is 2.44. The number of rotatable bonds is 2. The molecule has 0 bridgehead atoms. The van der Waals surface area contributed by atoms with Crippen LogP contribution in [0.15, 0.2) is 38.5 Å². The molecule has 1 aromatic heterocycles. The number of H-pyrrole nitrogens is 1. The van der Waals surface area contributed by atoms with E-state index in [2.05, 4.69) is 20.9 Å². The van der Waals surface area contributed by atoms with E-state index in [0.29, 0.717) is 15.9 Å². The van der Waals surface area contributed by atoms with E-state index < -0.39 is 11.2 Å². The van der Waals surface area contributed by atoms with Crippen molar-refractivity contribution in [3.63, 3.8) is 0 Å². The summed E-state index contributed by atoms with van der Waals surface area (Å²) in [6.07, 6.45) is 1.20. The van der Waals surface area contributed by atoms with Crippen LogP contribution in [0.5, 0.6) is 5.75 Å². The van der Waals surface area contributed by atoms with Crippen molar-refractivity contribution in [1.29, 1.82) is 5.26 Å². The van der Waals surface area contributed by atoms with Crippen LogP contribution in [-0.2, 0) is 0 Å². The molecule has 0 atom stereocenters. The Labute approximate surface area is 116 Å². The molecular formula is C12H8BrN3O3. The van der Waals surface area contributed by atoms with Gasteiger partial charge in [-0.3, -0.25) is 14.3 Å². The van der Waals surface area contributed by atoms with Gasteiger partial charge >= 0.3 is 5.69 Å². The minimum Gasteiger partial charge on any atom is -0.497 e. The molecule has 1 aromatic carbocycles. The third-order valence-corrected chi connectivity index (χ3v) is 3.15. The van der Waals surface area contributed by atoms with Crippen molar-refractivity contribution in [3.8, 4) is 17.5 Å². The van der Waals surface area contributed by atoms with Crippen LogP contribution in [0.25, 0.3) is 5.69 Å². The molecule has 0 amide bonds. The first-order chi connectivity index (χ1) is 9.06. The van der Waals surface area contributed by atoms with E-state index >= 15 is 0 Å². The highest BCUT2D eigenvalue weighted by Crippen LogP contribution is 2.24. The summed E-state index contributed by atoms with van der Waals surface area (Å²) in [7, 11) is 1.50. The number of nitriles is 1. The summed E-state index contributed by atoms with van der Waals surface area (Å²) in [5.41, 5.74) is -1.01. The molecule has 7 heteroatoms. The molecule has 0 fully saturated rings. The lowest BCUT2D eigenvalue weighted by atomic mass is 10.3. The molecular weight excluding hydrogens is 314 g/mol. The summed E-state index contributed by atoms with van der Waals surface area (Å²) in [5, 5.41) is 8.83. The van der Waals surface area contributed by atoms with Crippen molar-refractivity contribution in [3.05, 3.63) is 55.3 Å². The van der Waals surface area contributed by atoms with E-state index in [4.69, 9.17) is 10.00 Å². The van der Waals surface area contributed by atoms with Gasteiger partial charge in [-0.2, -0.15) is 5.26 Å². The molecule has 96 valence electrons. The predicted molar refractivity (Wildman–Crippen MR) is 71.6 cm³/mol. The van der Waals surface area contributed by atoms with Crippen LogP contribution in [0.3, 0.4) is 0 Å². The summed E-state index contributed by atoms with van der Waals surface area (Å²) in [4.78, 5) is 25.2. The quantitative estimate of drug-likeness (QED) is 0.899. The number of nitrogens with zero attached hydrogens (tertiary/aromatic N) is 2. The second kappa shape index (κ2) is 5.12. The molecule has 0 radical (unpaired) electrons. The maximum atomic E-state index is 11.8. The number of hydrogen-bond donors (Lipinski definition) is 1. The standard InChI is InChI=1S/C12H8BrN3O3/c1-19-8-2-3-9(13)10(4-8)16-6-7(5-14)11(17)15-12(16)18/h2-4,6H,1H3,(H,15,17,18). The number of aromatic nitrogens is 2. The minimum atomic E-state index is -0.706. The first-order valence-electron chi connectivity index (χ1n) is 5.17. The van der Waals surface area contributed by atoms with E-state index in [1.54, 1.807) is 24.3 Å². The maximum absolute atomic E-state index is 11.8. The smallest absolute Gasteiger partial charge is 0.333 e. The molecule has 19 heavy (non-hydrogen) atoms. The Kier molecular flexibility index (Phi) is 3.53. The summed E-state index contributed by atoms with van der Waals surface area (Å²) in [6.45, 7) is 0. The summed E-state index contributed by atoms with van der Waals surface area (Å²) in [6, 6.07) is 6.77. The van der Waals surface area contributed by atoms with E-state index in [1.807, 2.05) is 0 Å². The van der Waals surface area contributed by atoms with Gasteiger partial charge in [-0.15, -0.1) is 0 Å². The van der Waals surface area contributed by atoms with E-state index in [1.165, 1.54) is 17.9 Å². The van der Waals surface area contributed by atoms with Gasteiger partial charge in [0, 0.05) is 16.7 Å². The Morgan fingerprint density at radius 2 is 2.16 bits per heavy atom. The zero-order valence-corrected chi connectivity index (χ0v) is 11.4. The molecule has 0 unspecified atom stereocenters. The third-order valence-electron chi connectivity index (χ3n) is 2.48. The first kappa shape index (κ1) is 13.1. The van der Waals surface area contributed by atoms with Gasteiger partial charge in [-0.25, -0.2) is 4.79 Å². The van der Waals surface area contributed by atoms with E-state index in [9.17, 15) is 9.59 Å². The van der Waals surface area contributed by atoms with Gasteiger partial charge in [0.2, 0.25) is 0 Å². The molecule has 0 saturated carbocycles. The number of nitrogens with one attached hydrogen (secondary N) is 1. The predicted octanol–water partition coefficient (Wildman–Crippen LogP) is 1.17. The fourth-order valence-corrected chi connectivity index (χ4v) is 1.97. The largest absolute Gasteiger partial charge is 0.497 e. The van der Waals surface area contributed by atoms with Gasteiger partial charge in [-0.05, 0) is 28.1 Å². The van der Waals surface area contributed by atoms with Gasteiger partial charge in [0.05, 0.1) is 12.8 Å². The highest BCUT2D eigenvalue weighted by molar-refractivity contribution is 9.10. The average Bonchev–Trinajstić information content (AvgIpc) is 2.40. The zero-order valence-electron chi connectivity index (χ0n) is 9.81. The average molecular weight is 322 g/mol. The van der Waals surface area contributed by atoms with E-state index in [-0.39, 0.29) is 5.56 Å². The van der Waals surface area contributed by atoms with Gasteiger partial charge in [-0.1, -0.05) is 0 Å². The normalized spacial score (nSPS) is 9.95. The zero-order chi connectivity index (χ0) is 14.0. The SMILES string of the molecule is COc1ccc(Br)c(-n2cc(C#N)c(=O)[nH]c2=O)c1. The summed E-state index contributed by atoms with van der Waals surface area (Å²) >= 11 is 3.31. The number of benzene rings is 1. The van der Waals surface area contributed by atoms with Crippen LogP contribution in [0.4, 0.5) is 0 Å². The number of hydrogen-bond acceptors (Lipinski definition) is 4. The molecule has 1 heterocycles. The lowest BCUT2D eigenvalue weighted by Gasteiger charge is -2.09. The molecule has 0 saturated heterocycles. The van der Waals surface area contributed by atoms with Crippen LogP contribution in [0, 0.1) is 11.3 Å². The van der Waals surface area contributed by atoms with Gasteiger partial charge in [0.1, 0.15) is 17.4 Å². The Balaban J connectivity index is 2.76. The Morgan fingerprint density at radius 3 is 2.79 bits per heavy atom. The molecule has 2 rings (SSSR count). The second-order valence-electron chi connectivity index (χ2n) is 3.60. The van der Waals surface area contributed by atoms with Crippen LogP contribution in [0.2, 0.25) is 0 Å².